The molecule has 0 spiro atoms. The number of carbonyl (C=O) groups is 2. The van der Waals surface area contributed by atoms with Gasteiger partial charge in [0.05, 0.1) is 6.54 Å². The highest BCUT2D eigenvalue weighted by atomic mass is 16.2. The molecule has 0 rings (SSSR count). The summed E-state index contributed by atoms with van der Waals surface area (Å²) in [5.74, 6) is -0.522. The molecular weight excluding hydrogens is 182 g/mol. The van der Waals surface area contributed by atoms with Gasteiger partial charge in [0.25, 0.3) is 0 Å². The Kier molecular flexibility index (Phi) is 6.53. The van der Waals surface area contributed by atoms with Crippen LogP contribution in [-0.2, 0) is 4.79 Å². The lowest BCUT2D eigenvalue weighted by Gasteiger charge is -2.21. The van der Waals surface area contributed by atoms with E-state index >= 15 is 0 Å². The maximum atomic E-state index is 11.4. The van der Waals surface area contributed by atoms with Crippen LogP contribution in [0.3, 0.4) is 0 Å². The Balaban J connectivity index is 3.94. The van der Waals surface area contributed by atoms with Gasteiger partial charge in [-0.2, -0.15) is 0 Å². The largest absolute Gasteiger partial charge is 0.368 e. The van der Waals surface area contributed by atoms with Crippen LogP contribution in [0.25, 0.3) is 0 Å². The summed E-state index contributed by atoms with van der Waals surface area (Å²) in [5.41, 5.74) is 4.92. The molecule has 0 aliphatic carbocycles. The smallest absolute Gasteiger partial charge is 0.317 e. The summed E-state index contributed by atoms with van der Waals surface area (Å²) < 4.78 is 0. The highest BCUT2D eigenvalue weighted by Gasteiger charge is 2.10. The first kappa shape index (κ1) is 12.7. The first-order valence-electron chi connectivity index (χ1n) is 4.92. The van der Waals surface area contributed by atoms with E-state index in [1.807, 2.05) is 13.8 Å². The number of carbonyl (C=O) groups excluding carboxylic acids is 2. The van der Waals surface area contributed by atoms with Crippen molar-refractivity contribution in [3.8, 4) is 0 Å². The van der Waals surface area contributed by atoms with Crippen molar-refractivity contribution in [2.45, 2.75) is 26.7 Å². The van der Waals surface area contributed by atoms with Crippen LogP contribution in [0.1, 0.15) is 26.7 Å². The number of hydrogen-bond donors (Lipinski definition) is 2. The van der Waals surface area contributed by atoms with Crippen molar-refractivity contribution in [3.05, 3.63) is 0 Å². The zero-order valence-electron chi connectivity index (χ0n) is 8.88. The molecule has 0 saturated heterocycles. The lowest BCUT2D eigenvalue weighted by Crippen LogP contribution is -2.43. The molecule has 0 saturated carbocycles. The van der Waals surface area contributed by atoms with Gasteiger partial charge in [-0.05, 0) is 12.8 Å². The topological polar surface area (TPSA) is 75.4 Å². The van der Waals surface area contributed by atoms with Gasteiger partial charge in [-0.3, -0.25) is 4.79 Å². The van der Waals surface area contributed by atoms with Crippen molar-refractivity contribution in [1.29, 1.82) is 0 Å². The van der Waals surface area contributed by atoms with Crippen molar-refractivity contribution in [2.24, 2.45) is 5.73 Å². The minimum Gasteiger partial charge on any atom is -0.368 e. The molecule has 5 nitrogen and oxygen atoms in total. The minimum absolute atomic E-state index is 0.0945. The molecule has 0 heterocycles. The highest BCUT2D eigenvalue weighted by molar-refractivity contribution is 5.82. The summed E-state index contributed by atoms with van der Waals surface area (Å²) >= 11 is 0. The van der Waals surface area contributed by atoms with Crippen molar-refractivity contribution >= 4 is 11.9 Å². The third kappa shape index (κ3) is 5.40. The van der Waals surface area contributed by atoms with E-state index in [4.69, 9.17) is 5.73 Å². The molecule has 14 heavy (non-hydrogen) atoms. The van der Waals surface area contributed by atoms with Crippen LogP contribution in [0.15, 0.2) is 0 Å². The molecule has 3 N–H and O–H groups in total. The Morgan fingerprint density at radius 3 is 2.07 bits per heavy atom. The summed E-state index contributed by atoms with van der Waals surface area (Å²) in [6.45, 7) is 5.33. The van der Waals surface area contributed by atoms with Gasteiger partial charge >= 0.3 is 6.03 Å². The number of amides is 3. The molecule has 0 aromatic rings. The number of hydrogen-bond acceptors (Lipinski definition) is 2. The number of primary amides is 1. The maximum absolute atomic E-state index is 11.4. The Bertz CT molecular complexity index is 188. The first-order chi connectivity index (χ1) is 6.61. The third-order valence-electron chi connectivity index (χ3n) is 1.69. The number of rotatable bonds is 6. The summed E-state index contributed by atoms with van der Waals surface area (Å²) in [7, 11) is 0. The zero-order chi connectivity index (χ0) is 11.0. The second-order valence-corrected chi connectivity index (χ2v) is 3.11. The fourth-order valence-corrected chi connectivity index (χ4v) is 1.13. The average Bonchev–Trinajstić information content (AvgIpc) is 2.14. The summed E-state index contributed by atoms with van der Waals surface area (Å²) in [5, 5.41) is 2.46. The SMILES string of the molecule is CCCN(CCC)C(=O)NCC(N)=O. The molecule has 82 valence electrons. The van der Waals surface area contributed by atoms with E-state index in [0.29, 0.717) is 13.1 Å². The van der Waals surface area contributed by atoms with E-state index < -0.39 is 5.91 Å². The quantitative estimate of drug-likeness (QED) is 0.648. The van der Waals surface area contributed by atoms with Gasteiger partial charge in [0.1, 0.15) is 0 Å². The van der Waals surface area contributed by atoms with E-state index in [-0.39, 0.29) is 12.6 Å². The number of nitrogens with two attached hydrogens (primary N) is 1. The van der Waals surface area contributed by atoms with Crippen molar-refractivity contribution in [2.75, 3.05) is 19.6 Å². The van der Waals surface area contributed by atoms with Crippen LogP contribution in [0.5, 0.6) is 0 Å². The van der Waals surface area contributed by atoms with E-state index in [9.17, 15) is 9.59 Å². The van der Waals surface area contributed by atoms with Gasteiger partial charge in [0.2, 0.25) is 5.91 Å². The first-order valence-corrected chi connectivity index (χ1v) is 4.92. The van der Waals surface area contributed by atoms with E-state index in [1.165, 1.54) is 0 Å². The number of nitrogens with zero attached hydrogens (tertiary/aromatic N) is 1. The molecule has 0 unspecified atom stereocenters. The molecule has 0 bridgehead atoms. The van der Waals surface area contributed by atoms with Crippen LogP contribution in [0.4, 0.5) is 4.79 Å². The van der Waals surface area contributed by atoms with Crippen molar-refractivity contribution in [1.82, 2.24) is 10.2 Å². The Labute approximate surface area is 84.6 Å². The van der Waals surface area contributed by atoms with Gasteiger partial charge in [-0.1, -0.05) is 13.8 Å². The second-order valence-electron chi connectivity index (χ2n) is 3.11. The van der Waals surface area contributed by atoms with Crippen LogP contribution in [-0.4, -0.2) is 36.5 Å². The molecule has 3 amide bonds. The minimum atomic E-state index is -0.522. The van der Waals surface area contributed by atoms with Gasteiger partial charge in [-0.25, -0.2) is 4.79 Å². The number of urea groups is 1. The van der Waals surface area contributed by atoms with Gasteiger partial charge in [0, 0.05) is 13.1 Å². The predicted molar refractivity (Wildman–Crippen MR) is 54.7 cm³/mol. The highest BCUT2D eigenvalue weighted by Crippen LogP contribution is 1.94. The molecule has 0 fully saturated rings. The lowest BCUT2D eigenvalue weighted by molar-refractivity contribution is -0.117. The van der Waals surface area contributed by atoms with Gasteiger partial charge in [0.15, 0.2) is 0 Å². The maximum Gasteiger partial charge on any atom is 0.317 e. The molecular formula is C9H19N3O2. The summed E-state index contributed by atoms with van der Waals surface area (Å²) in [6, 6.07) is -0.215. The standard InChI is InChI=1S/C9H19N3O2/c1-3-5-12(6-4-2)9(14)11-7-8(10)13/h3-7H2,1-2H3,(H2,10,13)(H,11,14). The normalized spacial score (nSPS) is 9.57. The Morgan fingerprint density at radius 2 is 1.71 bits per heavy atom. The molecule has 0 aromatic heterocycles. The Hall–Kier alpha value is -1.26. The molecule has 0 aliphatic rings. The van der Waals surface area contributed by atoms with E-state index in [0.717, 1.165) is 12.8 Å². The lowest BCUT2D eigenvalue weighted by atomic mass is 10.4. The average molecular weight is 201 g/mol. The predicted octanol–water partition coefficient (Wildman–Crippen LogP) is 0.303. The second kappa shape index (κ2) is 7.17. The van der Waals surface area contributed by atoms with Crippen molar-refractivity contribution in [3.63, 3.8) is 0 Å². The van der Waals surface area contributed by atoms with Gasteiger partial charge in [-0.15, -0.1) is 0 Å². The van der Waals surface area contributed by atoms with Crippen LogP contribution in [0.2, 0.25) is 0 Å². The van der Waals surface area contributed by atoms with E-state index in [2.05, 4.69) is 5.32 Å². The van der Waals surface area contributed by atoms with Crippen molar-refractivity contribution < 1.29 is 9.59 Å². The molecule has 0 aliphatic heterocycles. The van der Waals surface area contributed by atoms with Gasteiger partial charge < -0.3 is 16.0 Å². The summed E-state index contributed by atoms with van der Waals surface area (Å²) in [6.07, 6.45) is 1.81. The monoisotopic (exact) mass is 201 g/mol. The Morgan fingerprint density at radius 1 is 1.21 bits per heavy atom. The number of nitrogens with one attached hydrogen (secondary N) is 1. The van der Waals surface area contributed by atoms with Crippen LogP contribution in [0, 0.1) is 0 Å². The molecule has 5 heteroatoms. The zero-order valence-corrected chi connectivity index (χ0v) is 8.88. The molecule has 0 atom stereocenters. The fraction of sp³-hybridized carbons (Fsp3) is 0.778. The summed E-state index contributed by atoms with van der Waals surface area (Å²) in [4.78, 5) is 23.5. The molecule has 0 aromatic carbocycles. The van der Waals surface area contributed by atoms with E-state index in [1.54, 1.807) is 4.90 Å². The fourth-order valence-electron chi connectivity index (χ4n) is 1.13. The third-order valence-corrected chi connectivity index (χ3v) is 1.69. The van der Waals surface area contributed by atoms with Crippen LogP contribution >= 0.6 is 0 Å². The van der Waals surface area contributed by atoms with Crippen LogP contribution < -0.4 is 11.1 Å². The molecule has 0 radical (unpaired) electrons.